The Morgan fingerprint density at radius 2 is 2.00 bits per heavy atom. The third kappa shape index (κ3) is 3.65. The maximum atomic E-state index is 12.2. The molecule has 2 aromatic rings. The Kier molecular flexibility index (Phi) is 4.47. The molecular weight excluding hydrogens is 326 g/mol. The van der Waals surface area contributed by atoms with Crippen LogP contribution < -0.4 is 9.47 Å². The standard InChI is InChI=1S/C18H17NO6/c1-11-14(18(21)22)8-13(25-11)9-19(2)17(20)6-4-12-3-5-15-16(7-12)24-10-23-15/h3-8H,9-10H2,1-2H3,(H,21,22)/b6-4+. The molecule has 3 rings (SSSR count). The quantitative estimate of drug-likeness (QED) is 0.840. The van der Waals surface area contributed by atoms with Gasteiger partial charge < -0.3 is 23.9 Å². The minimum atomic E-state index is -1.05. The number of carboxylic acid groups (broad SMARTS) is 1. The Morgan fingerprint density at radius 1 is 1.24 bits per heavy atom. The van der Waals surface area contributed by atoms with E-state index in [4.69, 9.17) is 19.0 Å². The van der Waals surface area contributed by atoms with Gasteiger partial charge in [0.2, 0.25) is 12.7 Å². The molecule has 0 saturated heterocycles. The van der Waals surface area contributed by atoms with E-state index in [1.165, 1.54) is 17.0 Å². The number of ether oxygens (including phenoxy) is 2. The van der Waals surface area contributed by atoms with Crippen molar-refractivity contribution in [3.05, 3.63) is 53.0 Å². The molecule has 0 unspecified atom stereocenters. The SMILES string of the molecule is Cc1oc(CN(C)C(=O)/C=C/c2ccc3c(c2)OCO3)cc1C(=O)O. The van der Waals surface area contributed by atoms with Gasteiger partial charge in [-0.3, -0.25) is 4.79 Å². The number of benzene rings is 1. The summed E-state index contributed by atoms with van der Waals surface area (Å²) < 4.78 is 15.9. The molecule has 0 bridgehead atoms. The van der Waals surface area contributed by atoms with Crippen molar-refractivity contribution in [1.82, 2.24) is 4.90 Å². The molecule has 0 fully saturated rings. The lowest BCUT2D eigenvalue weighted by molar-refractivity contribution is -0.125. The Balaban J connectivity index is 1.64. The fraction of sp³-hybridized carbons (Fsp3) is 0.222. The molecule has 1 aromatic carbocycles. The van der Waals surface area contributed by atoms with Crippen LogP contribution in [0.3, 0.4) is 0 Å². The van der Waals surface area contributed by atoms with Crippen molar-refractivity contribution in [2.75, 3.05) is 13.8 Å². The number of amides is 1. The second kappa shape index (κ2) is 6.72. The minimum absolute atomic E-state index is 0.103. The molecule has 1 aliphatic heterocycles. The van der Waals surface area contributed by atoms with Crippen LogP contribution in [0.15, 0.2) is 34.8 Å². The average molecular weight is 343 g/mol. The van der Waals surface area contributed by atoms with Crippen molar-refractivity contribution in [2.24, 2.45) is 0 Å². The van der Waals surface area contributed by atoms with Crippen LogP contribution >= 0.6 is 0 Å². The molecule has 0 saturated carbocycles. The highest BCUT2D eigenvalue weighted by atomic mass is 16.7. The lowest BCUT2D eigenvalue weighted by Crippen LogP contribution is -2.23. The number of carbonyl (C=O) groups excluding carboxylic acids is 1. The number of carbonyl (C=O) groups is 2. The Bertz CT molecular complexity index is 851. The van der Waals surface area contributed by atoms with E-state index in [-0.39, 0.29) is 24.8 Å². The van der Waals surface area contributed by atoms with Gasteiger partial charge in [-0.05, 0) is 36.8 Å². The Hall–Kier alpha value is -3.22. The largest absolute Gasteiger partial charge is 0.478 e. The molecule has 7 nitrogen and oxygen atoms in total. The highest BCUT2D eigenvalue weighted by molar-refractivity contribution is 5.92. The molecule has 25 heavy (non-hydrogen) atoms. The van der Waals surface area contributed by atoms with Crippen LogP contribution in [0.4, 0.5) is 0 Å². The molecule has 0 aliphatic carbocycles. The monoisotopic (exact) mass is 343 g/mol. The number of likely N-dealkylation sites (N-methyl/N-ethyl adjacent to an activating group) is 1. The van der Waals surface area contributed by atoms with Gasteiger partial charge in [0.1, 0.15) is 17.1 Å². The summed E-state index contributed by atoms with van der Waals surface area (Å²) in [7, 11) is 1.62. The van der Waals surface area contributed by atoms with Crippen molar-refractivity contribution < 1.29 is 28.6 Å². The summed E-state index contributed by atoms with van der Waals surface area (Å²) in [4.78, 5) is 24.7. The lowest BCUT2D eigenvalue weighted by atomic mass is 10.2. The number of carboxylic acids is 1. The van der Waals surface area contributed by atoms with Gasteiger partial charge in [-0.2, -0.15) is 0 Å². The minimum Gasteiger partial charge on any atom is -0.478 e. The van der Waals surface area contributed by atoms with Gasteiger partial charge in [0, 0.05) is 13.1 Å². The number of aryl methyl sites for hydroxylation is 1. The highest BCUT2D eigenvalue weighted by Gasteiger charge is 2.16. The maximum Gasteiger partial charge on any atom is 0.339 e. The van der Waals surface area contributed by atoms with Gasteiger partial charge in [-0.25, -0.2) is 4.79 Å². The molecule has 0 atom stereocenters. The molecule has 1 aromatic heterocycles. The van der Waals surface area contributed by atoms with E-state index in [0.29, 0.717) is 23.0 Å². The zero-order valence-electron chi connectivity index (χ0n) is 13.8. The number of furan rings is 1. The summed E-state index contributed by atoms with van der Waals surface area (Å²) >= 11 is 0. The number of aromatic carboxylic acids is 1. The second-order valence-corrected chi connectivity index (χ2v) is 5.63. The van der Waals surface area contributed by atoms with E-state index in [1.54, 1.807) is 32.2 Å². The number of hydrogen-bond acceptors (Lipinski definition) is 5. The topological polar surface area (TPSA) is 89.2 Å². The maximum absolute atomic E-state index is 12.2. The van der Waals surface area contributed by atoms with Gasteiger partial charge in [0.05, 0.1) is 6.54 Å². The van der Waals surface area contributed by atoms with Crippen LogP contribution in [0.5, 0.6) is 11.5 Å². The number of hydrogen-bond donors (Lipinski definition) is 1. The first kappa shape index (κ1) is 16.6. The van der Waals surface area contributed by atoms with Crippen LogP contribution in [-0.4, -0.2) is 35.7 Å². The molecule has 7 heteroatoms. The van der Waals surface area contributed by atoms with Gasteiger partial charge in [-0.1, -0.05) is 6.07 Å². The normalized spacial score (nSPS) is 12.6. The second-order valence-electron chi connectivity index (χ2n) is 5.63. The van der Waals surface area contributed by atoms with E-state index in [9.17, 15) is 9.59 Å². The first-order chi connectivity index (χ1) is 11.9. The lowest BCUT2D eigenvalue weighted by Gasteiger charge is -2.13. The summed E-state index contributed by atoms with van der Waals surface area (Å²) in [6.07, 6.45) is 3.11. The number of fused-ring (bicyclic) bond motifs is 1. The zero-order valence-corrected chi connectivity index (χ0v) is 13.8. The summed E-state index contributed by atoms with van der Waals surface area (Å²) in [6.45, 7) is 1.96. The summed E-state index contributed by atoms with van der Waals surface area (Å²) in [5.74, 6) is 0.785. The summed E-state index contributed by atoms with van der Waals surface area (Å²) in [6, 6.07) is 6.84. The molecule has 0 radical (unpaired) electrons. The third-order valence-electron chi connectivity index (χ3n) is 3.78. The van der Waals surface area contributed by atoms with Gasteiger partial charge in [0.15, 0.2) is 11.5 Å². The molecule has 1 aliphatic rings. The highest BCUT2D eigenvalue weighted by Crippen LogP contribution is 2.32. The summed E-state index contributed by atoms with van der Waals surface area (Å²) in [5.41, 5.74) is 0.916. The third-order valence-corrected chi connectivity index (χ3v) is 3.78. The zero-order chi connectivity index (χ0) is 18.0. The molecule has 130 valence electrons. The fourth-order valence-corrected chi connectivity index (χ4v) is 2.46. The molecule has 1 N–H and O–H groups in total. The van der Waals surface area contributed by atoms with Crippen molar-refractivity contribution >= 4 is 18.0 Å². The van der Waals surface area contributed by atoms with E-state index >= 15 is 0 Å². The van der Waals surface area contributed by atoms with E-state index in [2.05, 4.69) is 0 Å². The first-order valence-electron chi connectivity index (χ1n) is 7.59. The predicted molar refractivity (Wildman–Crippen MR) is 88.5 cm³/mol. The Morgan fingerprint density at radius 3 is 2.72 bits per heavy atom. The van der Waals surface area contributed by atoms with Gasteiger partial charge in [0.25, 0.3) is 0 Å². The van der Waals surface area contributed by atoms with Crippen molar-refractivity contribution in [2.45, 2.75) is 13.5 Å². The van der Waals surface area contributed by atoms with Crippen molar-refractivity contribution in [1.29, 1.82) is 0 Å². The number of rotatable bonds is 5. The molecule has 2 heterocycles. The molecule has 1 amide bonds. The van der Waals surface area contributed by atoms with Crippen LogP contribution in [-0.2, 0) is 11.3 Å². The first-order valence-corrected chi connectivity index (χ1v) is 7.59. The van der Waals surface area contributed by atoms with Gasteiger partial charge in [-0.15, -0.1) is 0 Å². The van der Waals surface area contributed by atoms with Crippen LogP contribution in [0.25, 0.3) is 6.08 Å². The van der Waals surface area contributed by atoms with Gasteiger partial charge >= 0.3 is 5.97 Å². The average Bonchev–Trinajstić information content (AvgIpc) is 3.18. The van der Waals surface area contributed by atoms with Crippen LogP contribution in [0, 0.1) is 6.92 Å². The van der Waals surface area contributed by atoms with Crippen LogP contribution in [0.1, 0.15) is 27.4 Å². The van der Waals surface area contributed by atoms with Crippen molar-refractivity contribution in [3.8, 4) is 11.5 Å². The molecule has 0 spiro atoms. The summed E-state index contributed by atoms with van der Waals surface area (Å²) in [5, 5.41) is 9.03. The van der Waals surface area contributed by atoms with E-state index < -0.39 is 5.97 Å². The van der Waals surface area contributed by atoms with E-state index in [0.717, 1.165) is 5.56 Å². The van der Waals surface area contributed by atoms with Crippen molar-refractivity contribution in [3.63, 3.8) is 0 Å². The number of nitrogens with zero attached hydrogens (tertiary/aromatic N) is 1. The smallest absolute Gasteiger partial charge is 0.339 e. The Labute approximate surface area is 144 Å². The predicted octanol–water partition coefficient (Wildman–Crippen LogP) is 2.69. The fourth-order valence-electron chi connectivity index (χ4n) is 2.46. The van der Waals surface area contributed by atoms with Crippen LogP contribution in [0.2, 0.25) is 0 Å². The molecular formula is C18H17NO6. The van der Waals surface area contributed by atoms with E-state index in [1.807, 2.05) is 6.07 Å².